The molecule has 0 heterocycles. The van der Waals surface area contributed by atoms with Crippen molar-refractivity contribution in [3.63, 3.8) is 0 Å². The first kappa shape index (κ1) is 53.1. The van der Waals surface area contributed by atoms with E-state index in [1.807, 2.05) is 6.08 Å². The summed E-state index contributed by atoms with van der Waals surface area (Å²) in [5.74, 6) is -0.346. The number of phosphoric ester groups is 1. The Kier molecular flexibility index (Phi) is 42.5. The molecule has 0 aliphatic carbocycles. The maximum atomic E-state index is 12.6. The van der Waals surface area contributed by atoms with E-state index in [9.17, 15) is 14.3 Å². The average Bonchev–Trinajstić information content (AvgIpc) is 3.16. The molecule has 0 aromatic carbocycles. The van der Waals surface area contributed by atoms with E-state index in [0.717, 1.165) is 32.1 Å². The summed E-state index contributed by atoms with van der Waals surface area (Å²) in [6.07, 6.45) is 47.5. The Labute approximate surface area is 334 Å². The third kappa shape index (κ3) is 42.2. The van der Waals surface area contributed by atoms with Gasteiger partial charge in [-0.3, -0.25) is 13.8 Å². The Hall–Kier alpha value is -0.920. The summed E-state index contributed by atoms with van der Waals surface area (Å²) in [6.45, 7) is 4.29. The molecule has 0 aliphatic heterocycles. The van der Waals surface area contributed by atoms with Crippen LogP contribution in [0, 0.1) is 0 Å². The number of hydrogen-bond donors (Lipinski definition) is 2. The number of rotatable bonds is 45. The summed E-state index contributed by atoms with van der Waals surface area (Å²) in [4.78, 5) is 22.5. The van der Waals surface area contributed by atoms with Crippen molar-refractivity contribution in [1.29, 1.82) is 0 Å². The number of carbonyl (C=O) groups is 1. The highest BCUT2D eigenvalue weighted by Gasteiger charge is 2.25. The zero-order valence-corrected chi connectivity index (χ0v) is 36.6. The SMILES string of the molecule is CCCCCCCCCCCCCCCCCC/C=C/OC[C@H](COP(=O)(O)OCCN)OC(=O)CCCCCCCCCCCCCCCCCCC. The third-order valence-corrected chi connectivity index (χ3v) is 11.3. The molecule has 9 heteroatoms. The number of unbranched alkanes of at least 4 members (excludes halogenated alkanes) is 32. The molecule has 8 nitrogen and oxygen atoms in total. The molecule has 0 aromatic rings. The van der Waals surface area contributed by atoms with Gasteiger partial charge in [0.2, 0.25) is 0 Å². The van der Waals surface area contributed by atoms with Crippen molar-refractivity contribution in [3.8, 4) is 0 Å². The van der Waals surface area contributed by atoms with Gasteiger partial charge in [0, 0.05) is 13.0 Å². The van der Waals surface area contributed by atoms with Crippen LogP contribution in [-0.4, -0.2) is 43.3 Å². The smallest absolute Gasteiger partial charge is 0.472 e. The highest BCUT2D eigenvalue weighted by Crippen LogP contribution is 2.43. The van der Waals surface area contributed by atoms with E-state index in [4.69, 9.17) is 24.3 Å². The monoisotopic (exact) mass is 788 g/mol. The summed E-state index contributed by atoms with van der Waals surface area (Å²) in [6, 6.07) is 0. The number of hydrogen-bond acceptors (Lipinski definition) is 7. The molecule has 0 aromatic heterocycles. The molecule has 0 bridgehead atoms. The van der Waals surface area contributed by atoms with Gasteiger partial charge in [-0.15, -0.1) is 0 Å². The second-order valence-corrected chi connectivity index (χ2v) is 17.2. The van der Waals surface area contributed by atoms with E-state index in [-0.39, 0.29) is 32.3 Å². The molecule has 0 saturated carbocycles. The Morgan fingerprint density at radius 2 is 0.926 bits per heavy atom. The number of carbonyl (C=O) groups excluding carboxylic acids is 1. The molecule has 0 rings (SSSR count). The molecule has 2 atom stereocenters. The Balaban J connectivity index is 4.00. The first-order chi connectivity index (χ1) is 26.4. The van der Waals surface area contributed by atoms with Gasteiger partial charge < -0.3 is 20.1 Å². The van der Waals surface area contributed by atoms with Gasteiger partial charge >= 0.3 is 13.8 Å². The van der Waals surface area contributed by atoms with E-state index in [1.54, 1.807) is 6.26 Å². The zero-order chi connectivity index (χ0) is 39.5. The summed E-state index contributed by atoms with van der Waals surface area (Å²) in [5, 5.41) is 0. The lowest BCUT2D eigenvalue weighted by molar-refractivity contribution is -0.153. The van der Waals surface area contributed by atoms with Crippen LogP contribution in [0.1, 0.15) is 239 Å². The maximum absolute atomic E-state index is 12.6. The number of allylic oxidation sites excluding steroid dienone is 1. The Bertz CT molecular complexity index is 843. The minimum Gasteiger partial charge on any atom is -0.498 e. The van der Waals surface area contributed by atoms with Crippen molar-refractivity contribution >= 4 is 13.8 Å². The average molecular weight is 788 g/mol. The number of ether oxygens (including phenoxy) is 2. The van der Waals surface area contributed by atoms with Crippen LogP contribution in [-0.2, 0) is 27.9 Å². The topological polar surface area (TPSA) is 117 Å². The Morgan fingerprint density at radius 3 is 1.31 bits per heavy atom. The van der Waals surface area contributed by atoms with Crippen molar-refractivity contribution in [2.45, 2.75) is 245 Å². The zero-order valence-electron chi connectivity index (χ0n) is 35.7. The molecule has 0 saturated heterocycles. The van der Waals surface area contributed by atoms with Gasteiger partial charge in [0.1, 0.15) is 6.61 Å². The van der Waals surface area contributed by atoms with Crippen LogP contribution in [0.3, 0.4) is 0 Å². The quantitative estimate of drug-likeness (QED) is 0.0271. The standard InChI is InChI=1S/C45H90NO7P/c1-3-5-7-9-11-13-15-17-19-21-23-25-27-29-31-33-35-37-40-50-42-44(43-52-54(48,49)51-41-39-46)53-45(47)38-36-34-32-30-28-26-24-22-20-18-16-14-12-10-8-6-4-2/h37,40,44H,3-36,38-39,41-43,46H2,1-2H3,(H,48,49)/b40-37+/t44-/m1/s1. The van der Waals surface area contributed by atoms with Gasteiger partial charge in [-0.2, -0.15) is 0 Å². The second-order valence-electron chi connectivity index (χ2n) is 15.7. The molecular formula is C45H90NO7P. The molecule has 0 amide bonds. The minimum absolute atomic E-state index is 0.0388. The van der Waals surface area contributed by atoms with Crippen LogP contribution >= 0.6 is 7.82 Å². The number of esters is 1. The molecule has 1 unspecified atom stereocenters. The fraction of sp³-hybridized carbons (Fsp3) is 0.933. The molecule has 3 N–H and O–H groups in total. The predicted molar refractivity (Wildman–Crippen MR) is 229 cm³/mol. The highest BCUT2D eigenvalue weighted by molar-refractivity contribution is 7.47. The molecule has 0 aliphatic rings. The summed E-state index contributed by atoms with van der Waals surface area (Å²) in [7, 11) is -4.29. The van der Waals surface area contributed by atoms with E-state index in [0.29, 0.717) is 6.42 Å². The number of phosphoric acid groups is 1. The van der Waals surface area contributed by atoms with Crippen LogP contribution in [0.2, 0.25) is 0 Å². The van der Waals surface area contributed by atoms with E-state index >= 15 is 0 Å². The third-order valence-electron chi connectivity index (χ3n) is 10.3. The van der Waals surface area contributed by atoms with Crippen molar-refractivity contribution < 1.29 is 32.8 Å². The van der Waals surface area contributed by atoms with Gasteiger partial charge in [-0.25, -0.2) is 4.57 Å². The van der Waals surface area contributed by atoms with Crippen LogP contribution in [0.4, 0.5) is 0 Å². The van der Waals surface area contributed by atoms with Gasteiger partial charge in [0.05, 0.1) is 19.5 Å². The van der Waals surface area contributed by atoms with Gasteiger partial charge in [0.25, 0.3) is 0 Å². The molecule has 0 spiro atoms. The Morgan fingerprint density at radius 1 is 0.556 bits per heavy atom. The van der Waals surface area contributed by atoms with Gasteiger partial charge in [-0.05, 0) is 25.3 Å². The van der Waals surface area contributed by atoms with Crippen molar-refractivity contribution in [3.05, 3.63) is 12.3 Å². The lowest BCUT2D eigenvalue weighted by Crippen LogP contribution is -2.27. The fourth-order valence-electron chi connectivity index (χ4n) is 6.85. The summed E-state index contributed by atoms with van der Waals surface area (Å²) >= 11 is 0. The van der Waals surface area contributed by atoms with E-state index in [2.05, 4.69) is 13.8 Å². The van der Waals surface area contributed by atoms with Crippen LogP contribution in [0.15, 0.2) is 12.3 Å². The van der Waals surface area contributed by atoms with Crippen LogP contribution in [0.25, 0.3) is 0 Å². The van der Waals surface area contributed by atoms with Crippen molar-refractivity contribution in [2.75, 3.05) is 26.4 Å². The van der Waals surface area contributed by atoms with Gasteiger partial charge in [0.15, 0.2) is 6.10 Å². The largest absolute Gasteiger partial charge is 0.498 e. The molecule has 54 heavy (non-hydrogen) atoms. The molecule has 322 valence electrons. The van der Waals surface area contributed by atoms with Gasteiger partial charge in [-0.1, -0.05) is 213 Å². The lowest BCUT2D eigenvalue weighted by Gasteiger charge is -2.19. The maximum Gasteiger partial charge on any atom is 0.472 e. The van der Waals surface area contributed by atoms with Crippen molar-refractivity contribution in [1.82, 2.24) is 0 Å². The molecule has 0 fully saturated rings. The van der Waals surface area contributed by atoms with Crippen LogP contribution < -0.4 is 5.73 Å². The van der Waals surface area contributed by atoms with Crippen LogP contribution in [0.5, 0.6) is 0 Å². The van der Waals surface area contributed by atoms with E-state index < -0.39 is 13.9 Å². The van der Waals surface area contributed by atoms with Crippen molar-refractivity contribution in [2.24, 2.45) is 5.73 Å². The molecular weight excluding hydrogens is 697 g/mol. The minimum atomic E-state index is -4.29. The summed E-state index contributed by atoms with van der Waals surface area (Å²) in [5.41, 5.74) is 5.37. The number of nitrogens with two attached hydrogens (primary N) is 1. The molecule has 0 radical (unpaired) electrons. The fourth-order valence-corrected chi connectivity index (χ4v) is 7.61. The second kappa shape index (κ2) is 43.2. The first-order valence-electron chi connectivity index (χ1n) is 23.2. The van der Waals surface area contributed by atoms with E-state index in [1.165, 1.54) is 186 Å². The normalized spacial score (nSPS) is 13.4. The highest BCUT2D eigenvalue weighted by atomic mass is 31.2. The lowest BCUT2D eigenvalue weighted by atomic mass is 10.0. The predicted octanol–water partition coefficient (Wildman–Crippen LogP) is 14.2. The first-order valence-corrected chi connectivity index (χ1v) is 24.7. The summed E-state index contributed by atoms with van der Waals surface area (Å²) < 4.78 is 33.2.